The van der Waals surface area contributed by atoms with Gasteiger partial charge in [0.1, 0.15) is 0 Å². The zero-order valence-electron chi connectivity index (χ0n) is 7.29. The van der Waals surface area contributed by atoms with E-state index in [1.807, 2.05) is 19.1 Å². The lowest BCUT2D eigenvalue weighted by molar-refractivity contribution is -0.308. The predicted molar refractivity (Wildman–Crippen MR) is 52.2 cm³/mol. The van der Waals surface area contributed by atoms with Crippen LogP contribution in [0.3, 0.4) is 0 Å². The molecular formula is C10H10BrO2-. The minimum absolute atomic E-state index is 0.493. The molecule has 0 bridgehead atoms. The molecule has 1 aromatic rings. The van der Waals surface area contributed by atoms with E-state index in [2.05, 4.69) is 15.9 Å². The van der Waals surface area contributed by atoms with Gasteiger partial charge in [0.25, 0.3) is 0 Å². The van der Waals surface area contributed by atoms with Gasteiger partial charge < -0.3 is 9.90 Å². The second-order valence-corrected chi connectivity index (χ2v) is 3.75. The normalized spacial score (nSPS) is 12.5. The molecular weight excluding hydrogens is 232 g/mol. The van der Waals surface area contributed by atoms with Crippen molar-refractivity contribution in [2.24, 2.45) is 0 Å². The fraction of sp³-hybridized carbons (Fsp3) is 0.300. The summed E-state index contributed by atoms with van der Waals surface area (Å²) in [7, 11) is 0. The van der Waals surface area contributed by atoms with Gasteiger partial charge in [-0.2, -0.15) is 0 Å². The Kier molecular flexibility index (Phi) is 3.48. The molecule has 0 heterocycles. The first-order valence-corrected chi connectivity index (χ1v) is 4.90. The van der Waals surface area contributed by atoms with Crippen molar-refractivity contribution < 1.29 is 9.90 Å². The number of carbonyl (C=O) groups excluding carboxylic acids is 1. The number of rotatable bonds is 3. The molecule has 70 valence electrons. The van der Waals surface area contributed by atoms with Crippen LogP contribution in [0, 0.1) is 0 Å². The Morgan fingerprint density at radius 3 is 2.38 bits per heavy atom. The molecule has 0 aliphatic heterocycles. The predicted octanol–water partition coefficient (Wildman–Crippen LogP) is 1.69. The Morgan fingerprint density at radius 1 is 1.46 bits per heavy atom. The lowest BCUT2D eigenvalue weighted by Crippen LogP contribution is -2.29. The summed E-state index contributed by atoms with van der Waals surface area (Å²) in [5, 5.41) is 10.7. The van der Waals surface area contributed by atoms with Crippen molar-refractivity contribution >= 4 is 21.9 Å². The molecule has 0 spiro atoms. The molecule has 0 aliphatic rings. The van der Waals surface area contributed by atoms with Gasteiger partial charge in [0, 0.05) is 16.4 Å². The number of hydrogen-bond acceptors (Lipinski definition) is 2. The maximum atomic E-state index is 10.7. The Labute approximate surface area is 85.7 Å². The lowest BCUT2D eigenvalue weighted by atomic mass is 9.97. The summed E-state index contributed by atoms with van der Waals surface area (Å²) < 4.78 is 0.949. The van der Waals surface area contributed by atoms with E-state index in [4.69, 9.17) is 0 Å². The number of hydrogen-bond donors (Lipinski definition) is 0. The van der Waals surface area contributed by atoms with Crippen LogP contribution in [0.5, 0.6) is 0 Å². The maximum Gasteiger partial charge on any atom is 0.0489 e. The highest BCUT2D eigenvalue weighted by molar-refractivity contribution is 9.10. The molecule has 0 saturated carbocycles. The van der Waals surface area contributed by atoms with Gasteiger partial charge in [-0.25, -0.2) is 0 Å². The zero-order chi connectivity index (χ0) is 9.84. The molecule has 2 nitrogen and oxygen atoms in total. The molecule has 3 heteroatoms. The summed E-state index contributed by atoms with van der Waals surface area (Å²) in [4.78, 5) is 10.7. The van der Waals surface area contributed by atoms with Crippen molar-refractivity contribution in [3.63, 3.8) is 0 Å². The second kappa shape index (κ2) is 4.42. The monoisotopic (exact) mass is 241 g/mol. The summed E-state index contributed by atoms with van der Waals surface area (Å²) in [6.07, 6.45) is 0.559. The van der Waals surface area contributed by atoms with E-state index in [0.29, 0.717) is 6.42 Å². The average Bonchev–Trinajstić information content (AvgIpc) is 2.09. The van der Waals surface area contributed by atoms with Crippen molar-refractivity contribution in [2.45, 2.75) is 19.3 Å². The van der Waals surface area contributed by atoms with Gasteiger partial charge in [-0.05, 0) is 24.1 Å². The van der Waals surface area contributed by atoms with E-state index < -0.39 is 11.9 Å². The molecule has 0 aliphatic carbocycles. The first-order chi connectivity index (χ1) is 6.15. The standard InChI is InChI=1S/C10H11BrO2/c1-2-9(10(12)13)7-3-5-8(11)6-4-7/h3-6,9H,2H2,1H3,(H,12,13)/p-1. The van der Waals surface area contributed by atoms with Crippen LogP contribution in [0.1, 0.15) is 24.8 Å². The van der Waals surface area contributed by atoms with Crippen molar-refractivity contribution in [3.8, 4) is 0 Å². The fourth-order valence-electron chi connectivity index (χ4n) is 1.23. The van der Waals surface area contributed by atoms with Crippen molar-refractivity contribution in [2.75, 3.05) is 0 Å². The molecule has 1 aromatic carbocycles. The second-order valence-electron chi connectivity index (χ2n) is 2.83. The SMILES string of the molecule is CCC(C(=O)[O-])c1ccc(Br)cc1. The molecule has 0 saturated heterocycles. The molecule has 1 atom stereocenters. The first kappa shape index (κ1) is 10.3. The van der Waals surface area contributed by atoms with E-state index in [1.54, 1.807) is 12.1 Å². The number of carboxylic acids is 1. The molecule has 0 radical (unpaired) electrons. The van der Waals surface area contributed by atoms with Crippen molar-refractivity contribution in [1.82, 2.24) is 0 Å². The molecule has 0 fully saturated rings. The molecule has 1 rings (SSSR count). The van der Waals surface area contributed by atoms with Gasteiger partial charge in [-0.15, -0.1) is 0 Å². The molecule has 0 aromatic heterocycles. The first-order valence-electron chi connectivity index (χ1n) is 4.11. The topological polar surface area (TPSA) is 40.1 Å². The van der Waals surface area contributed by atoms with Crippen LogP contribution in [0.15, 0.2) is 28.7 Å². The Bertz CT molecular complexity index is 292. The van der Waals surface area contributed by atoms with Crippen molar-refractivity contribution in [3.05, 3.63) is 34.3 Å². The Balaban J connectivity index is 2.92. The largest absolute Gasteiger partial charge is 0.549 e. The number of carbonyl (C=O) groups is 1. The number of carboxylic acid groups (broad SMARTS) is 1. The van der Waals surface area contributed by atoms with Gasteiger partial charge >= 0.3 is 0 Å². The summed E-state index contributed by atoms with van der Waals surface area (Å²) in [5.41, 5.74) is 0.797. The summed E-state index contributed by atoms with van der Waals surface area (Å²) in [6.45, 7) is 1.84. The summed E-state index contributed by atoms with van der Waals surface area (Å²) >= 11 is 3.29. The number of benzene rings is 1. The van der Waals surface area contributed by atoms with Crippen LogP contribution in [0.2, 0.25) is 0 Å². The third-order valence-corrected chi connectivity index (χ3v) is 2.49. The van der Waals surface area contributed by atoms with Crippen LogP contribution in [-0.2, 0) is 4.79 Å². The Morgan fingerprint density at radius 2 is 2.00 bits per heavy atom. The minimum Gasteiger partial charge on any atom is -0.549 e. The average molecular weight is 242 g/mol. The van der Waals surface area contributed by atoms with E-state index in [-0.39, 0.29) is 0 Å². The molecule has 0 N–H and O–H groups in total. The van der Waals surface area contributed by atoms with Gasteiger partial charge in [0.05, 0.1) is 0 Å². The minimum atomic E-state index is -1.01. The van der Waals surface area contributed by atoms with E-state index in [1.165, 1.54) is 0 Å². The third-order valence-electron chi connectivity index (χ3n) is 1.97. The Hall–Kier alpha value is -0.830. The maximum absolute atomic E-state index is 10.7. The highest BCUT2D eigenvalue weighted by atomic mass is 79.9. The smallest absolute Gasteiger partial charge is 0.0489 e. The zero-order valence-corrected chi connectivity index (χ0v) is 8.87. The molecule has 0 amide bonds. The van der Waals surface area contributed by atoms with E-state index in [9.17, 15) is 9.90 Å². The van der Waals surface area contributed by atoms with Crippen LogP contribution in [0.25, 0.3) is 0 Å². The van der Waals surface area contributed by atoms with Crippen LogP contribution < -0.4 is 5.11 Å². The number of aliphatic carboxylic acids is 1. The highest BCUT2D eigenvalue weighted by Gasteiger charge is 2.09. The third kappa shape index (κ3) is 2.56. The van der Waals surface area contributed by atoms with Gasteiger partial charge in [0.2, 0.25) is 0 Å². The number of halogens is 1. The van der Waals surface area contributed by atoms with Gasteiger partial charge in [-0.1, -0.05) is 35.0 Å². The van der Waals surface area contributed by atoms with Gasteiger partial charge in [-0.3, -0.25) is 0 Å². The van der Waals surface area contributed by atoms with Gasteiger partial charge in [0.15, 0.2) is 0 Å². The highest BCUT2D eigenvalue weighted by Crippen LogP contribution is 2.20. The van der Waals surface area contributed by atoms with Crippen LogP contribution in [0.4, 0.5) is 0 Å². The van der Waals surface area contributed by atoms with Crippen LogP contribution >= 0.6 is 15.9 Å². The van der Waals surface area contributed by atoms with E-state index in [0.717, 1.165) is 10.0 Å². The van der Waals surface area contributed by atoms with Crippen LogP contribution in [-0.4, -0.2) is 5.97 Å². The summed E-state index contributed by atoms with van der Waals surface area (Å²) in [5.74, 6) is -1.50. The fourth-order valence-corrected chi connectivity index (χ4v) is 1.50. The summed E-state index contributed by atoms with van der Waals surface area (Å²) in [6, 6.07) is 7.27. The quantitative estimate of drug-likeness (QED) is 0.809. The van der Waals surface area contributed by atoms with E-state index >= 15 is 0 Å². The molecule has 13 heavy (non-hydrogen) atoms. The van der Waals surface area contributed by atoms with Crippen molar-refractivity contribution in [1.29, 1.82) is 0 Å². The molecule has 1 unspecified atom stereocenters. The lowest BCUT2D eigenvalue weighted by Gasteiger charge is -2.15.